The van der Waals surface area contributed by atoms with Gasteiger partial charge in [0.25, 0.3) is 0 Å². The van der Waals surface area contributed by atoms with Crippen LogP contribution in [0.15, 0.2) is 66.7 Å². The van der Waals surface area contributed by atoms with Crippen LogP contribution in [0.4, 0.5) is 5.69 Å². The molecule has 1 amide bonds. The number of hydrogen-bond acceptors (Lipinski definition) is 5. The van der Waals surface area contributed by atoms with Crippen LogP contribution in [0.25, 0.3) is 0 Å². The number of carbonyl (C=O) groups excluding carboxylic acids is 1. The van der Waals surface area contributed by atoms with Gasteiger partial charge in [-0.1, -0.05) is 54.6 Å². The van der Waals surface area contributed by atoms with E-state index in [0.717, 1.165) is 67.3 Å². The third-order valence-corrected chi connectivity index (χ3v) is 12.7. The lowest BCUT2D eigenvalue weighted by Crippen LogP contribution is -2.80. The van der Waals surface area contributed by atoms with Crippen LogP contribution < -0.4 is 14.8 Å². The van der Waals surface area contributed by atoms with Crippen LogP contribution in [0.5, 0.6) is 11.5 Å². The highest BCUT2D eigenvalue weighted by Crippen LogP contribution is 2.78. The Balaban J connectivity index is 1.17. The molecule has 5 aliphatic carbocycles. The summed E-state index contributed by atoms with van der Waals surface area (Å²) in [5.41, 5.74) is 5.43. The van der Waals surface area contributed by atoms with Gasteiger partial charge in [0.05, 0.1) is 13.5 Å². The number of fused-ring (bicyclic) bond motifs is 2. The summed E-state index contributed by atoms with van der Waals surface area (Å²) in [6.07, 6.45) is 8.29. The molecule has 0 radical (unpaired) electrons. The first kappa shape index (κ1) is 27.0. The monoisotopic (exact) mass is 590 g/mol. The maximum atomic E-state index is 13.4. The second-order valence-electron chi connectivity index (χ2n) is 14.4. The van der Waals surface area contributed by atoms with Crippen LogP contribution in [0, 0.1) is 11.3 Å². The normalized spacial score (nSPS) is 34.3. The summed E-state index contributed by atoms with van der Waals surface area (Å²) in [6.45, 7) is 2.34. The van der Waals surface area contributed by atoms with Crippen molar-refractivity contribution in [3.05, 3.63) is 89.0 Å². The summed E-state index contributed by atoms with van der Waals surface area (Å²) in [7, 11) is 3.66. The van der Waals surface area contributed by atoms with Crippen molar-refractivity contribution in [2.24, 2.45) is 11.3 Å². The summed E-state index contributed by atoms with van der Waals surface area (Å²) in [5, 5.41) is 3.32. The summed E-state index contributed by atoms with van der Waals surface area (Å²) in [5.74, 6) is 2.76. The zero-order chi connectivity index (χ0) is 29.7. The Morgan fingerprint density at radius 3 is 2.61 bits per heavy atom. The van der Waals surface area contributed by atoms with Gasteiger partial charge in [-0.3, -0.25) is 9.69 Å². The van der Waals surface area contributed by atoms with Crippen LogP contribution in [-0.2, 0) is 27.8 Å². The van der Waals surface area contributed by atoms with Crippen molar-refractivity contribution < 1.29 is 19.0 Å². The van der Waals surface area contributed by atoms with E-state index in [9.17, 15) is 4.79 Å². The molecule has 5 fully saturated rings. The minimum absolute atomic E-state index is 0.00904. The van der Waals surface area contributed by atoms with Gasteiger partial charge in [0.15, 0.2) is 11.5 Å². The lowest BCUT2D eigenvalue weighted by atomic mass is 9.34. The first-order valence-corrected chi connectivity index (χ1v) is 16.6. The van der Waals surface area contributed by atoms with Crippen molar-refractivity contribution >= 4 is 11.6 Å². The molecular weight excluding hydrogens is 548 g/mol. The minimum Gasteiger partial charge on any atom is -0.493 e. The number of methoxy groups -OCH3 is 2. The Morgan fingerprint density at radius 2 is 1.82 bits per heavy atom. The molecule has 1 N–H and O–H groups in total. The summed E-state index contributed by atoms with van der Waals surface area (Å²) in [4.78, 5) is 16.3. The Kier molecular flexibility index (Phi) is 5.88. The maximum absolute atomic E-state index is 13.4. The fourth-order valence-electron chi connectivity index (χ4n) is 10.8. The van der Waals surface area contributed by atoms with Gasteiger partial charge in [0.1, 0.15) is 11.7 Å². The number of hydrogen-bond donors (Lipinski definition) is 1. The van der Waals surface area contributed by atoms with Crippen molar-refractivity contribution in [3.8, 4) is 11.5 Å². The van der Waals surface area contributed by atoms with E-state index in [-0.39, 0.29) is 28.8 Å². The number of benzene rings is 3. The van der Waals surface area contributed by atoms with Crippen LogP contribution >= 0.6 is 0 Å². The molecule has 0 aromatic heterocycles. The SMILES string of the molecule is COc1ccc2c3c1O[C@H]1[C@@]4(OC)CC[C@@]5(C[C@@H]4c4ccccc4NC(=O)Cc4ccccc4)[C@@H](C2)N(CC2CC2)CC[C@]315. The Labute approximate surface area is 260 Å². The molecule has 2 heterocycles. The Bertz CT molecular complexity index is 1640. The molecule has 6 nitrogen and oxygen atoms in total. The molecule has 4 bridgehead atoms. The van der Waals surface area contributed by atoms with Gasteiger partial charge in [-0.25, -0.2) is 0 Å². The first-order valence-electron chi connectivity index (χ1n) is 16.6. The number of ether oxygens (including phenoxy) is 3. The van der Waals surface area contributed by atoms with Gasteiger partial charge in [-0.2, -0.15) is 0 Å². The van der Waals surface area contributed by atoms with E-state index in [1.54, 1.807) is 7.11 Å². The summed E-state index contributed by atoms with van der Waals surface area (Å²) >= 11 is 0. The lowest BCUT2D eigenvalue weighted by molar-refractivity contribution is -0.261. The molecule has 10 rings (SSSR count). The molecule has 6 heteroatoms. The van der Waals surface area contributed by atoms with Gasteiger partial charge < -0.3 is 19.5 Å². The number of piperidine rings is 1. The molecule has 2 spiro atoms. The van der Waals surface area contributed by atoms with Gasteiger partial charge in [0, 0.05) is 47.7 Å². The van der Waals surface area contributed by atoms with E-state index in [2.05, 4.69) is 40.5 Å². The number of para-hydroxylation sites is 1. The standard InChI is InChI=1S/C38H42N2O4/c1-42-30-15-14-26-21-31-36-16-17-38(43-2,35-37(36,33(26)34(30)44-35)18-19-40(31)23-25-12-13-25)28(22-36)27-10-6-7-11-29(27)39-32(41)20-24-8-4-3-5-9-24/h3-11,14-15,25,28,31,35H,12-13,16-23H2,1-2H3,(H,39,41)/t28-,31-,35-,36-,37+,38-/m1/s1. The Morgan fingerprint density at radius 1 is 1.00 bits per heavy atom. The van der Waals surface area contributed by atoms with Gasteiger partial charge in [-0.15, -0.1) is 0 Å². The van der Waals surface area contributed by atoms with Crippen LogP contribution in [-0.4, -0.2) is 55.9 Å². The quantitative estimate of drug-likeness (QED) is 0.335. The number of rotatable bonds is 8. The minimum atomic E-state index is -0.510. The fraction of sp³-hybridized carbons (Fsp3) is 0.500. The van der Waals surface area contributed by atoms with E-state index >= 15 is 0 Å². The maximum Gasteiger partial charge on any atom is 0.228 e. The smallest absolute Gasteiger partial charge is 0.228 e. The third-order valence-electron chi connectivity index (χ3n) is 12.7. The number of nitrogens with zero attached hydrogens (tertiary/aromatic N) is 1. The number of likely N-dealkylation sites (tertiary alicyclic amines) is 1. The number of nitrogens with one attached hydrogen (secondary N) is 1. The first-order chi connectivity index (χ1) is 21.5. The average Bonchev–Trinajstić information content (AvgIpc) is 3.79. The van der Waals surface area contributed by atoms with Crippen molar-refractivity contribution in [2.45, 2.75) is 80.4 Å². The molecule has 4 saturated carbocycles. The molecule has 6 atom stereocenters. The highest BCUT2D eigenvalue weighted by atomic mass is 16.6. The zero-order valence-corrected chi connectivity index (χ0v) is 25.8. The number of amides is 1. The molecule has 228 valence electrons. The molecule has 0 unspecified atom stereocenters. The fourth-order valence-corrected chi connectivity index (χ4v) is 10.8. The molecule has 1 saturated heterocycles. The van der Waals surface area contributed by atoms with E-state index in [1.807, 2.05) is 43.5 Å². The summed E-state index contributed by atoms with van der Waals surface area (Å²) in [6, 6.07) is 23.4. The molecule has 7 aliphatic rings. The van der Waals surface area contributed by atoms with Gasteiger partial charge in [0.2, 0.25) is 5.91 Å². The lowest BCUT2D eigenvalue weighted by Gasteiger charge is -2.74. The van der Waals surface area contributed by atoms with E-state index in [4.69, 9.17) is 14.2 Å². The van der Waals surface area contributed by atoms with Gasteiger partial charge >= 0.3 is 0 Å². The van der Waals surface area contributed by atoms with E-state index in [0.29, 0.717) is 12.5 Å². The molecular formula is C38H42N2O4. The predicted octanol–water partition coefficient (Wildman–Crippen LogP) is 6.27. The zero-order valence-electron chi connectivity index (χ0n) is 25.8. The van der Waals surface area contributed by atoms with Crippen molar-refractivity contribution in [3.63, 3.8) is 0 Å². The predicted molar refractivity (Wildman–Crippen MR) is 169 cm³/mol. The molecule has 44 heavy (non-hydrogen) atoms. The van der Waals surface area contributed by atoms with E-state index in [1.165, 1.54) is 36.1 Å². The highest BCUT2D eigenvalue weighted by Gasteiger charge is 2.80. The van der Waals surface area contributed by atoms with Crippen molar-refractivity contribution in [2.75, 3.05) is 32.6 Å². The van der Waals surface area contributed by atoms with Crippen LogP contribution in [0.1, 0.15) is 66.7 Å². The highest BCUT2D eigenvalue weighted by molar-refractivity contribution is 5.93. The third kappa shape index (κ3) is 3.47. The number of anilines is 1. The van der Waals surface area contributed by atoms with Crippen LogP contribution in [0.3, 0.4) is 0 Å². The van der Waals surface area contributed by atoms with Crippen LogP contribution in [0.2, 0.25) is 0 Å². The second-order valence-corrected chi connectivity index (χ2v) is 14.4. The summed E-state index contributed by atoms with van der Waals surface area (Å²) < 4.78 is 20.0. The Hall–Kier alpha value is -3.35. The largest absolute Gasteiger partial charge is 0.493 e. The molecule has 3 aromatic carbocycles. The average molecular weight is 591 g/mol. The van der Waals surface area contributed by atoms with E-state index < -0.39 is 5.60 Å². The topological polar surface area (TPSA) is 60.0 Å². The number of carbonyl (C=O) groups is 1. The van der Waals surface area contributed by atoms with Crippen molar-refractivity contribution in [1.82, 2.24) is 4.90 Å². The van der Waals surface area contributed by atoms with Crippen molar-refractivity contribution in [1.29, 1.82) is 0 Å². The molecule has 3 aromatic rings. The van der Waals surface area contributed by atoms with Gasteiger partial charge in [-0.05, 0) is 86.2 Å². The molecule has 2 aliphatic heterocycles. The second kappa shape index (κ2) is 9.58.